The van der Waals surface area contributed by atoms with Gasteiger partial charge < -0.3 is 34.4 Å². The minimum Gasteiger partial charge on any atom is -0.455 e. The van der Waals surface area contributed by atoms with E-state index in [1.807, 2.05) is 30.3 Å². The van der Waals surface area contributed by atoms with E-state index in [4.69, 9.17) is 14.2 Å². The lowest BCUT2D eigenvalue weighted by molar-refractivity contribution is -0.160. The van der Waals surface area contributed by atoms with Gasteiger partial charge in [-0.3, -0.25) is 24.1 Å². The highest BCUT2D eigenvalue weighted by Gasteiger charge is 2.75. The Kier molecular flexibility index (Phi) is 13.0. The Hall–Kier alpha value is -3.58. The molecule has 2 N–H and O–H groups in total. The van der Waals surface area contributed by atoms with Crippen LogP contribution in [-0.4, -0.2) is 127 Å². The zero-order chi connectivity index (χ0) is 34.8. The molecule has 0 saturated carbocycles. The molecule has 1 aromatic rings. The molecule has 0 aromatic heterocycles. The Balaban J connectivity index is 1.38. The van der Waals surface area contributed by atoms with Crippen molar-refractivity contribution in [3.8, 4) is 0 Å². The van der Waals surface area contributed by atoms with Crippen LogP contribution in [0.1, 0.15) is 56.6 Å². The second-order valence-electron chi connectivity index (χ2n) is 13.4. The fourth-order valence-corrected chi connectivity index (χ4v) is 7.86. The normalized spacial score (nSPS) is 26.6. The summed E-state index contributed by atoms with van der Waals surface area (Å²) in [6, 6.07) is 8.32. The van der Waals surface area contributed by atoms with Crippen LogP contribution in [0.25, 0.3) is 0 Å². The molecule has 2 bridgehead atoms. The average molecular weight is 681 g/mol. The molecule has 1 spiro atoms. The van der Waals surface area contributed by atoms with Crippen LogP contribution in [0.2, 0.25) is 0 Å². The minimum absolute atomic E-state index is 0.0491. The van der Waals surface area contributed by atoms with Crippen molar-refractivity contribution in [1.82, 2.24) is 20.0 Å². The number of ether oxygens (including phenoxy) is 3. The smallest absolute Gasteiger partial charge is 0.313 e. The van der Waals surface area contributed by atoms with Crippen LogP contribution >= 0.6 is 0 Å². The fraction of sp³-hybridized carbons (Fsp3) is 0.622. The Morgan fingerprint density at radius 3 is 2.59 bits per heavy atom. The molecule has 6 atom stereocenters. The summed E-state index contributed by atoms with van der Waals surface area (Å²) in [4.78, 5) is 61.3. The Bertz CT molecular complexity index is 1320. The quantitative estimate of drug-likeness (QED) is 0.128. The first-order chi connectivity index (χ1) is 23.8. The van der Waals surface area contributed by atoms with Crippen molar-refractivity contribution in [3.05, 3.63) is 61.2 Å². The van der Waals surface area contributed by atoms with Gasteiger partial charge in [-0.1, -0.05) is 42.5 Å². The third kappa shape index (κ3) is 8.25. The predicted molar refractivity (Wildman–Crippen MR) is 182 cm³/mol. The van der Waals surface area contributed by atoms with Gasteiger partial charge in [0, 0.05) is 52.3 Å². The molecule has 268 valence electrons. The molecule has 3 amide bonds. The molecule has 12 heteroatoms. The van der Waals surface area contributed by atoms with E-state index in [9.17, 15) is 24.3 Å². The molecular formula is C37H52N4O8. The van der Waals surface area contributed by atoms with Crippen LogP contribution in [0.4, 0.5) is 0 Å². The number of likely N-dealkylation sites (tertiary alicyclic amines) is 1. The van der Waals surface area contributed by atoms with E-state index < -0.39 is 41.7 Å². The van der Waals surface area contributed by atoms with Gasteiger partial charge >= 0.3 is 5.97 Å². The van der Waals surface area contributed by atoms with Gasteiger partial charge in [-0.05, 0) is 44.1 Å². The molecule has 0 unspecified atom stereocenters. The molecule has 49 heavy (non-hydrogen) atoms. The van der Waals surface area contributed by atoms with Gasteiger partial charge in [-0.2, -0.15) is 0 Å². The lowest BCUT2D eigenvalue weighted by Crippen LogP contribution is -2.57. The van der Waals surface area contributed by atoms with Gasteiger partial charge in [-0.25, -0.2) is 0 Å². The number of amides is 3. The zero-order valence-electron chi connectivity index (χ0n) is 28.5. The number of nitrogens with one attached hydrogen (secondary N) is 1. The molecule has 0 aliphatic carbocycles. The van der Waals surface area contributed by atoms with Gasteiger partial charge in [0.1, 0.15) is 17.7 Å². The van der Waals surface area contributed by atoms with Crippen molar-refractivity contribution < 1.29 is 38.5 Å². The van der Waals surface area contributed by atoms with Crippen LogP contribution in [0, 0.1) is 11.8 Å². The highest BCUT2D eigenvalue weighted by molar-refractivity contribution is 5.98. The maximum absolute atomic E-state index is 14.6. The van der Waals surface area contributed by atoms with Gasteiger partial charge in [0.2, 0.25) is 17.7 Å². The molecular weight excluding hydrogens is 628 g/mol. The minimum atomic E-state index is -1.15. The average Bonchev–Trinajstić information content (AvgIpc) is 3.77. The number of carbonyl (C=O) groups is 4. The van der Waals surface area contributed by atoms with E-state index in [0.717, 1.165) is 18.7 Å². The van der Waals surface area contributed by atoms with Crippen molar-refractivity contribution in [3.63, 3.8) is 0 Å². The number of nitrogens with zero attached hydrogens (tertiary/aromatic N) is 3. The number of aliphatic hydroxyl groups excluding tert-OH is 1. The maximum Gasteiger partial charge on any atom is 0.313 e. The van der Waals surface area contributed by atoms with Gasteiger partial charge in [0.15, 0.2) is 0 Å². The SMILES string of the molecule is C=CCCC(=O)NC[C@@H](OC(=O)[C@@H]1[C@H]2C(=O)N(CCCCCO)[C@H](C(=O)N(CC=C)CCN3CCOCC3)[C@]23CC[C@H]1O3)c1ccccc1. The first-order valence-electron chi connectivity index (χ1n) is 17.8. The van der Waals surface area contributed by atoms with Crippen molar-refractivity contribution in [2.75, 3.05) is 65.6 Å². The largest absolute Gasteiger partial charge is 0.455 e. The van der Waals surface area contributed by atoms with Gasteiger partial charge in [0.05, 0.1) is 37.7 Å². The lowest BCUT2D eigenvalue weighted by atomic mass is 9.70. The molecule has 4 aliphatic rings. The second-order valence-corrected chi connectivity index (χ2v) is 13.4. The highest BCUT2D eigenvalue weighted by Crippen LogP contribution is 2.59. The van der Waals surface area contributed by atoms with Crippen molar-refractivity contribution in [2.45, 2.75) is 68.8 Å². The first-order valence-corrected chi connectivity index (χ1v) is 17.8. The molecule has 5 rings (SSSR count). The number of unbranched alkanes of at least 4 members (excludes halogenated alkanes) is 2. The lowest BCUT2D eigenvalue weighted by Gasteiger charge is -2.37. The van der Waals surface area contributed by atoms with Crippen LogP contribution < -0.4 is 5.32 Å². The molecule has 0 radical (unpaired) electrons. The Morgan fingerprint density at radius 1 is 1.10 bits per heavy atom. The van der Waals surface area contributed by atoms with Gasteiger partial charge in [-0.15, -0.1) is 13.2 Å². The van der Waals surface area contributed by atoms with E-state index in [0.29, 0.717) is 77.9 Å². The number of morpholine rings is 1. The number of rotatable bonds is 19. The fourth-order valence-electron chi connectivity index (χ4n) is 7.86. The monoisotopic (exact) mass is 680 g/mol. The van der Waals surface area contributed by atoms with E-state index in [1.165, 1.54) is 0 Å². The molecule has 4 heterocycles. The Labute approximate surface area is 289 Å². The van der Waals surface area contributed by atoms with E-state index >= 15 is 0 Å². The summed E-state index contributed by atoms with van der Waals surface area (Å²) in [5.74, 6) is -2.97. The van der Waals surface area contributed by atoms with Crippen molar-refractivity contribution in [2.24, 2.45) is 11.8 Å². The van der Waals surface area contributed by atoms with Crippen LogP contribution in [0.5, 0.6) is 0 Å². The topological polar surface area (TPSA) is 138 Å². The number of hydrogen-bond acceptors (Lipinski definition) is 9. The summed E-state index contributed by atoms with van der Waals surface area (Å²) in [6.07, 6.45) is 5.73. The van der Waals surface area contributed by atoms with E-state index in [-0.39, 0.29) is 37.3 Å². The third-order valence-electron chi connectivity index (χ3n) is 10.3. The molecule has 12 nitrogen and oxygen atoms in total. The van der Waals surface area contributed by atoms with Crippen LogP contribution in [0.15, 0.2) is 55.6 Å². The summed E-state index contributed by atoms with van der Waals surface area (Å²) >= 11 is 0. The summed E-state index contributed by atoms with van der Waals surface area (Å²) in [5.41, 5.74) is -0.436. The highest BCUT2D eigenvalue weighted by atomic mass is 16.6. The molecule has 1 aromatic carbocycles. The van der Waals surface area contributed by atoms with E-state index in [1.54, 1.807) is 22.0 Å². The number of fused-ring (bicyclic) bond motifs is 1. The maximum atomic E-state index is 14.6. The third-order valence-corrected chi connectivity index (χ3v) is 10.3. The standard InChI is InChI=1S/C37H52N4O8/c1-3-5-14-30(43)38-26-29(27-12-8-6-9-13-27)48-36(46)31-28-15-16-37(49-28)32(31)34(44)41(18-10-7-11-23-42)33(37)35(45)40(17-4-2)20-19-39-21-24-47-25-22-39/h3-4,6,8-9,12-13,28-29,31-33,42H,1-2,5,7,10-11,14-26H2,(H,38,43)/t28-,29-,31+,32+,33-,37+/m1/s1. The first kappa shape index (κ1) is 36.7. The summed E-state index contributed by atoms with van der Waals surface area (Å²) < 4.78 is 18.3. The number of benzene rings is 1. The Morgan fingerprint density at radius 2 is 1.88 bits per heavy atom. The summed E-state index contributed by atoms with van der Waals surface area (Å²) in [5, 5.41) is 12.2. The number of esters is 1. The number of aliphatic hydroxyl groups is 1. The molecule has 4 fully saturated rings. The number of carbonyl (C=O) groups excluding carboxylic acids is 4. The summed E-state index contributed by atoms with van der Waals surface area (Å²) in [7, 11) is 0. The van der Waals surface area contributed by atoms with Crippen LogP contribution in [-0.2, 0) is 33.4 Å². The number of hydrogen-bond donors (Lipinski definition) is 2. The van der Waals surface area contributed by atoms with Crippen molar-refractivity contribution >= 4 is 23.7 Å². The second kappa shape index (κ2) is 17.4. The predicted octanol–water partition coefficient (Wildman–Crippen LogP) is 2.24. The molecule has 4 aliphatic heterocycles. The van der Waals surface area contributed by atoms with Crippen molar-refractivity contribution in [1.29, 1.82) is 0 Å². The van der Waals surface area contributed by atoms with Crippen LogP contribution in [0.3, 0.4) is 0 Å². The number of allylic oxidation sites excluding steroid dienone is 1. The molecule has 4 saturated heterocycles. The summed E-state index contributed by atoms with van der Waals surface area (Å²) in [6.45, 7) is 12.3. The van der Waals surface area contributed by atoms with Gasteiger partial charge in [0.25, 0.3) is 0 Å². The zero-order valence-corrected chi connectivity index (χ0v) is 28.5. The van der Waals surface area contributed by atoms with E-state index in [2.05, 4.69) is 23.4 Å².